The van der Waals surface area contributed by atoms with Crippen LogP contribution in [0.2, 0.25) is 0 Å². The number of halogens is 2. The second kappa shape index (κ2) is 12.6. The molecule has 1 saturated heterocycles. The van der Waals surface area contributed by atoms with Crippen molar-refractivity contribution in [3.63, 3.8) is 0 Å². The number of nitrogens with zero attached hydrogens (tertiary/aromatic N) is 2. The highest BCUT2D eigenvalue weighted by molar-refractivity contribution is 5.91. The molecule has 1 unspecified atom stereocenters. The quantitative estimate of drug-likeness (QED) is 0.370. The van der Waals surface area contributed by atoms with Gasteiger partial charge >= 0.3 is 0 Å². The monoisotopic (exact) mass is 543 g/mol. The lowest BCUT2D eigenvalue weighted by Crippen LogP contribution is -2.42. The number of carbonyl (C=O) groups is 1. The average molecular weight is 544 g/mol. The third kappa shape index (κ3) is 7.80. The van der Waals surface area contributed by atoms with Crippen LogP contribution in [0.15, 0.2) is 66.5 Å². The standard InChI is InChI=1S/C30H39F2N3O4/c1-8-22-9-10-35(19(2)13-22)27(16-24-18-34(11-12-39-24)21(4)38-7)20(3)29-25(31)14-23(15-26(29)32)33-28(36)17-30(5,6)37/h9-10,13-15,24,37H,2,4,8,11-12,16-18H2,1,3,5-7H3,(H,33,36)/b27-20+. The molecule has 1 atom stereocenters. The molecule has 7 nitrogen and oxygen atoms in total. The van der Waals surface area contributed by atoms with E-state index < -0.39 is 23.1 Å². The number of ether oxygens (including phenoxy) is 2. The van der Waals surface area contributed by atoms with Crippen LogP contribution in [-0.2, 0) is 14.3 Å². The van der Waals surface area contributed by atoms with Gasteiger partial charge in [0.05, 0.1) is 37.4 Å². The van der Waals surface area contributed by atoms with Crippen molar-refractivity contribution in [3.05, 3.63) is 83.7 Å². The van der Waals surface area contributed by atoms with Crippen LogP contribution in [-0.4, -0.2) is 59.3 Å². The summed E-state index contributed by atoms with van der Waals surface area (Å²) >= 11 is 0. The fourth-order valence-corrected chi connectivity index (χ4v) is 4.67. The molecule has 0 bridgehead atoms. The molecule has 3 rings (SSSR count). The summed E-state index contributed by atoms with van der Waals surface area (Å²) in [6, 6.07) is 2.17. The minimum absolute atomic E-state index is 0.0283. The Bertz CT molecular complexity index is 1190. The van der Waals surface area contributed by atoms with Crippen LogP contribution in [0, 0.1) is 11.6 Å². The fraction of sp³-hybridized carbons (Fsp3) is 0.433. The molecule has 2 aliphatic heterocycles. The Kier molecular flexibility index (Phi) is 9.74. The number of benzene rings is 1. The number of nitrogens with one attached hydrogen (secondary N) is 1. The minimum Gasteiger partial charge on any atom is -0.483 e. The van der Waals surface area contributed by atoms with E-state index in [1.807, 2.05) is 35.1 Å². The maximum Gasteiger partial charge on any atom is 0.227 e. The minimum atomic E-state index is -1.25. The van der Waals surface area contributed by atoms with Crippen molar-refractivity contribution in [3.8, 4) is 0 Å². The van der Waals surface area contributed by atoms with E-state index in [-0.39, 0.29) is 23.8 Å². The van der Waals surface area contributed by atoms with Crippen LogP contribution >= 0.6 is 0 Å². The summed E-state index contributed by atoms with van der Waals surface area (Å²) in [5, 5.41) is 12.3. The Hall–Kier alpha value is -3.43. The fourth-order valence-electron chi connectivity index (χ4n) is 4.67. The number of anilines is 1. The lowest BCUT2D eigenvalue weighted by molar-refractivity contribution is -0.119. The average Bonchev–Trinajstić information content (AvgIpc) is 2.85. The zero-order valence-electron chi connectivity index (χ0n) is 23.4. The van der Waals surface area contributed by atoms with E-state index in [4.69, 9.17) is 9.47 Å². The highest BCUT2D eigenvalue weighted by atomic mass is 19.1. The lowest BCUT2D eigenvalue weighted by Gasteiger charge is -2.37. The van der Waals surface area contributed by atoms with Crippen LogP contribution < -0.4 is 5.32 Å². The smallest absolute Gasteiger partial charge is 0.227 e. The molecule has 2 heterocycles. The van der Waals surface area contributed by atoms with Crippen molar-refractivity contribution >= 4 is 17.2 Å². The molecule has 0 spiro atoms. The van der Waals surface area contributed by atoms with Gasteiger partial charge in [0, 0.05) is 42.8 Å². The van der Waals surface area contributed by atoms with E-state index in [2.05, 4.69) is 18.5 Å². The molecule has 1 aromatic rings. The first-order chi connectivity index (χ1) is 18.3. The van der Waals surface area contributed by atoms with Gasteiger partial charge in [-0.2, -0.15) is 0 Å². The number of aliphatic hydroxyl groups is 1. The second-order valence-electron chi connectivity index (χ2n) is 10.4. The Balaban J connectivity index is 1.99. The first kappa shape index (κ1) is 30.1. The van der Waals surface area contributed by atoms with E-state index in [1.54, 1.807) is 14.0 Å². The number of rotatable bonds is 10. The Morgan fingerprint density at radius 3 is 2.54 bits per heavy atom. The van der Waals surface area contributed by atoms with Gasteiger partial charge in [0.25, 0.3) is 0 Å². The Morgan fingerprint density at radius 1 is 1.31 bits per heavy atom. The van der Waals surface area contributed by atoms with Crippen molar-refractivity contribution in [1.29, 1.82) is 0 Å². The van der Waals surface area contributed by atoms with Crippen LogP contribution in [0.25, 0.3) is 5.57 Å². The van der Waals surface area contributed by atoms with Gasteiger partial charge in [-0.3, -0.25) is 4.79 Å². The second-order valence-corrected chi connectivity index (χ2v) is 10.4. The Morgan fingerprint density at radius 2 is 1.97 bits per heavy atom. The molecular weight excluding hydrogens is 504 g/mol. The van der Waals surface area contributed by atoms with Gasteiger partial charge in [-0.1, -0.05) is 13.5 Å². The molecule has 0 saturated carbocycles. The van der Waals surface area contributed by atoms with Crippen molar-refractivity contribution in [1.82, 2.24) is 9.80 Å². The summed E-state index contributed by atoms with van der Waals surface area (Å²) in [7, 11) is 1.56. The van der Waals surface area contributed by atoms with E-state index in [0.29, 0.717) is 49.0 Å². The van der Waals surface area contributed by atoms with Crippen LogP contribution in [0.1, 0.15) is 52.5 Å². The van der Waals surface area contributed by atoms with E-state index in [9.17, 15) is 9.90 Å². The maximum absolute atomic E-state index is 15.5. The van der Waals surface area contributed by atoms with E-state index >= 15 is 8.78 Å². The zero-order chi connectivity index (χ0) is 28.9. The first-order valence-corrected chi connectivity index (χ1v) is 13.0. The number of carbonyl (C=O) groups excluding carboxylic acids is 1. The number of hydrogen-bond acceptors (Lipinski definition) is 6. The lowest BCUT2D eigenvalue weighted by atomic mass is 9.97. The summed E-state index contributed by atoms with van der Waals surface area (Å²) in [5.74, 6) is -1.66. The number of amides is 1. The van der Waals surface area contributed by atoms with E-state index in [1.165, 1.54) is 13.8 Å². The van der Waals surface area contributed by atoms with Gasteiger partial charge in [0.2, 0.25) is 5.91 Å². The summed E-state index contributed by atoms with van der Waals surface area (Å²) in [5.41, 5.74) is 1.30. The number of methoxy groups -OCH3 is 1. The normalized spacial score (nSPS) is 18.5. The van der Waals surface area contributed by atoms with Gasteiger partial charge in [0.15, 0.2) is 5.88 Å². The molecule has 0 aromatic heterocycles. The highest BCUT2D eigenvalue weighted by Gasteiger charge is 2.28. The highest BCUT2D eigenvalue weighted by Crippen LogP contribution is 2.35. The SMILES string of the molecule is C=C(OC)N1CCOC(C/C(=C(/C)c2c(F)cc(NC(=O)CC(C)(C)O)cc2F)N2C=CC(CC)=CC2=C)C1. The maximum atomic E-state index is 15.5. The molecule has 39 heavy (non-hydrogen) atoms. The largest absolute Gasteiger partial charge is 0.483 e. The van der Waals surface area contributed by atoms with Gasteiger partial charge in [-0.05, 0) is 69.2 Å². The van der Waals surface area contributed by atoms with Crippen LogP contribution in [0.5, 0.6) is 0 Å². The molecule has 1 amide bonds. The zero-order valence-corrected chi connectivity index (χ0v) is 23.4. The molecule has 2 aliphatic rings. The summed E-state index contributed by atoms with van der Waals surface area (Å²) in [6.07, 6.45) is 6.42. The number of morpholine rings is 1. The molecular formula is C30H39F2N3O4. The summed E-state index contributed by atoms with van der Waals surface area (Å²) in [4.78, 5) is 16.0. The molecule has 9 heteroatoms. The third-order valence-electron chi connectivity index (χ3n) is 6.67. The number of allylic oxidation sites excluding steroid dienone is 4. The summed E-state index contributed by atoms with van der Waals surface area (Å²) < 4.78 is 42.3. The molecule has 1 aromatic carbocycles. The first-order valence-electron chi connectivity index (χ1n) is 13.0. The van der Waals surface area contributed by atoms with Crippen molar-refractivity contribution < 1.29 is 28.2 Å². The van der Waals surface area contributed by atoms with Gasteiger partial charge in [-0.15, -0.1) is 0 Å². The Labute approximate surface area is 229 Å². The molecule has 2 N–H and O–H groups in total. The van der Waals surface area contributed by atoms with Crippen molar-refractivity contribution in [2.45, 2.75) is 58.7 Å². The van der Waals surface area contributed by atoms with Gasteiger partial charge in [0.1, 0.15) is 11.6 Å². The van der Waals surface area contributed by atoms with Crippen LogP contribution in [0.4, 0.5) is 14.5 Å². The predicted molar refractivity (Wildman–Crippen MR) is 149 cm³/mol. The number of hydrogen-bond donors (Lipinski definition) is 2. The molecule has 0 aliphatic carbocycles. The predicted octanol–water partition coefficient (Wildman–Crippen LogP) is 5.68. The third-order valence-corrected chi connectivity index (χ3v) is 6.67. The van der Waals surface area contributed by atoms with Crippen molar-refractivity contribution in [2.75, 3.05) is 32.1 Å². The van der Waals surface area contributed by atoms with Gasteiger partial charge < -0.3 is 29.7 Å². The molecule has 1 fully saturated rings. The van der Waals surface area contributed by atoms with Crippen LogP contribution in [0.3, 0.4) is 0 Å². The molecule has 0 radical (unpaired) electrons. The van der Waals surface area contributed by atoms with E-state index in [0.717, 1.165) is 24.1 Å². The summed E-state index contributed by atoms with van der Waals surface area (Å²) in [6.45, 7) is 16.4. The van der Waals surface area contributed by atoms with Crippen molar-refractivity contribution in [2.24, 2.45) is 0 Å². The molecule has 212 valence electrons. The van der Waals surface area contributed by atoms with Gasteiger partial charge in [-0.25, -0.2) is 8.78 Å². The topological polar surface area (TPSA) is 74.3 Å².